The Balaban J connectivity index is 1.69. The van der Waals surface area contributed by atoms with E-state index in [9.17, 15) is 9.59 Å². The Bertz CT molecular complexity index is 774. The standard InChI is InChI=1S/C22H32N4O4/c1-2-3-4-5-6-7-8-9-10-17-11-13-18(14-12-17)21-25-20(30-26-21)16-23-19(27)15-24-22(28)29/h11-14,24H,2-10,15-16H2,1H3,(H,23,27)(H,28,29). The van der Waals surface area contributed by atoms with Crippen LogP contribution < -0.4 is 10.6 Å². The second kappa shape index (κ2) is 13.3. The molecule has 2 rings (SSSR count). The first-order valence-electron chi connectivity index (χ1n) is 10.7. The van der Waals surface area contributed by atoms with Crippen molar-refractivity contribution in [2.45, 2.75) is 71.3 Å². The lowest BCUT2D eigenvalue weighted by Gasteiger charge is -2.03. The van der Waals surface area contributed by atoms with Gasteiger partial charge in [0.15, 0.2) is 0 Å². The Morgan fingerprint density at radius 1 is 0.967 bits per heavy atom. The summed E-state index contributed by atoms with van der Waals surface area (Å²) in [5.41, 5.74) is 2.15. The van der Waals surface area contributed by atoms with Gasteiger partial charge in [-0.05, 0) is 18.4 Å². The summed E-state index contributed by atoms with van der Waals surface area (Å²) in [6.07, 6.45) is 10.3. The maximum Gasteiger partial charge on any atom is 0.405 e. The van der Waals surface area contributed by atoms with Crippen LogP contribution in [0, 0.1) is 0 Å². The van der Waals surface area contributed by atoms with E-state index in [0.29, 0.717) is 5.82 Å². The monoisotopic (exact) mass is 416 g/mol. The summed E-state index contributed by atoms with van der Waals surface area (Å²) in [5, 5.41) is 16.9. The van der Waals surface area contributed by atoms with E-state index < -0.39 is 12.0 Å². The van der Waals surface area contributed by atoms with Crippen molar-refractivity contribution >= 4 is 12.0 Å². The van der Waals surface area contributed by atoms with Crippen LogP contribution in [0.2, 0.25) is 0 Å². The van der Waals surface area contributed by atoms with Crippen LogP contribution in [0.15, 0.2) is 28.8 Å². The van der Waals surface area contributed by atoms with Gasteiger partial charge in [0.2, 0.25) is 17.6 Å². The topological polar surface area (TPSA) is 117 Å². The highest BCUT2D eigenvalue weighted by molar-refractivity contribution is 5.81. The van der Waals surface area contributed by atoms with E-state index in [1.165, 1.54) is 56.9 Å². The molecule has 0 bridgehead atoms. The first-order valence-corrected chi connectivity index (χ1v) is 10.7. The molecule has 0 aliphatic rings. The highest BCUT2D eigenvalue weighted by Gasteiger charge is 2.10. The van der Waals surface area contributed by atoms with Crippen LogP contribution >= 0.6 is 0 Å². The van der Waals surface area contributed by atoms with Crippen LogP contribution in [-0.2, 0) is 17.8 Å². The first-order chi connectivity index (χ1) is 14.6. The average molecular weight is 417 g/mol. The number of carboxylic acid groups (broad SMARTS) is 1. The largest absolute Gasteiger partial charge is 0.465 e. The van der Waals surface area contributed by atoms with E-state index in [1.807, 2.05) is 17.4 Å². The lowest BCUT2D eigenvalue weighted by Crippen LogP contribution is -2.35. The Labute approximate surface area is 177 Å². The van der Waals surface area contributed by atoms with Crippen molar-refractivity contribution in [1.82, 2.24) is 20.8 Å². The van der Waals surface area contributed by atoms with Gasteiger partial charge in [0, 0.05) is 5.56 Å². The molecular formula is C22H32N4O4. The number of amides is 2. The zero-order valence-corrected chi connectivity index (χ0v) is 17.7. The Hall–Kier alpha value is -2.90. The molecule has 0 saturated heterocycles. The predicted octanol–water partition coefficient (Wildman–Crippen LogP) is 4.30. The summed E-state index contributed by atoms with van der Waals surface area (Å²) in [7, 11) is 0. The van der Waals surface area contributed by atoms with Gasteiger partial charge in [0.05, 0.1) is 13.1 Å². The number of nitrogens with zero attached hydrogens (tertiary/aromatic N) is 2. The molecule has 3 N–H and O–H groups in total. The van der Waals surface area contributed by atoms with E-state index in [1.54, 1.807) is 0 Å². The number of benzene rings is 1. The van der Waals surface area contributed by atoms with Crippen LogP contribution in [-0.4, -0.2) is 33.8 Å². The van der Waals surface area contributed by atoms with E-state index >= 15 is 0 Å². The van der Waals surface area contributed by atoms with Gasteiger partial charge in [0.25, 0.3) is 0 Å². The van der Waals surface area contributed by atoms with Crippen LogP contribution in [0.1, 0.15) is 69.7 Å². The molecule has 2 amide bonds. The van der Waals surface area contributed by atoms with Crippen LogP contribution in [0.25, 0.3) is 11.4 Å². The van der Waals surface area contributed by atoms with Gasteiger partial charge in [-0.1, -0.05) is 81.3 Å². The lowest BCUT2D eigenvalue weighted by atomic mass is 10.0. The van der Waals surface area contributed by atoms with Crippen molar-refractivity contribution in [1.29, 1.82) is 0 Å². The smallest absolute Gasteiger partial charge is 0.405 e. The fourth-order valence-corrected chi connectivity index (χ4v) is 3.12. The predicted molar refractivity (Wildman–Crippen MR) is 114 cm³/mol. The number of hydrogen-bond acceptors (Lipinski definition) is 5. The molecule has 0 aliphatic heterocycles. The van der Waals surface area contributed by atoms with Crippen LogP contribution in [0.4, 0.5) is 4.79 Å². The first kappa shape index (κ1) is 23.4. The Kier molecular flexibility index (Phi) is 10.4. The third-order valence-corrected chi connectivity index (χ3v) is 4.84. The number of unbranched alkanes of at least 4 members (excludes halogenated alkanes) is 7. The molecule has 1 aromatic heterocycles. The summed E-state index contributed by atoms with van der Waals surface area (Å²) in [6, 6.07) is 8.13. The summed E-state index contributed by atoms with van der Waals surface area (Å²) < 4.78 is 5.14. The summed E-state index contributed by atoms with van der Waals surface area (Å²) in [4.78, 5) is 26.1. The molecule has 8 heteroatoms. The molecule has 0 saturated carbocycles. The Morgan fingerprint density at radius 2 is 1.63 bits per heavy atom. The third-order valence-electron chi connectivity index (χ3n) is 4.84. The molecule has 1 aromatic carbocycles. The van der Waals surface area contributed by atoms with Crippen molar-refractivity contribution in [3.05, 3.63) is 35.7 Å². The second-order valence-electron chi connectivity index (χ2n) is 7.37. The molecule has 0 aliphatic carbocycles. The minimum atomic E-state index is -1.25. The molecule has 0 fully saturated rings. The average Bonchev–Trinajstić information content (AvgIpc) is 3.22. The minimum Gasteiger partial charge on any atom is -0.465 e. The quantitative estimate of drug-likeness (QED) is 0.395. The van der Waals surface area contributed by atoms with E-state index in [0.717, 1.165) is 12.0 Å². The van der Waals surface area contributed by atoms with Gasteiger partial charge >= 0.3 is 6.09 Å². The number of aromatic nitrogens is 2. The van der Waals surface area contributed by atoms with Gasteiger partial charge in [-0.2, -0.15) is 4.98 Å². The molecule has 164 valence electrons. The fraction of sp³-hybridized carbons (Fsp3) is 0.545. The SMILES string of the molecule is CCCCCCCCCCc1ccc(-c2noc(CNC(=O)CNC(=O)O)n2)cc1. The third kappa shape index (κ3) is 9.07. The molecule has 0 unspecified atom stereocenters. The summed E-state index contributed by atoms with van der Waals surface area (Å²) in [5.74, 6) is 0.251. The number of hydrogen-bond donors (Lipinski definition) is 3. The van der Waals surface area contributed by atoms with Crippen molar-refractivity contribution in [3.63, 3.8) is 0 Å². The normalized spacial score (nSPS) is 10.7. The molecule has 2 aromatic rings. The maximum atomic E-state index is 11.5. The molecule has 0 spiro atoms. The summed E-state index contributed by atoms with van der Waals surface area (Å²) in [6.45, 7) is 1.97. The van der Waals surface area contributed by atoms with Gasteiger partial charge in [-0.25, -0.2) is 4.79 Å². The van der Waals surface area contributed by atoms with E-state index in [2.05, 4.69) is 34.5 Å². The molecule has 8 nitrogen and oxygen atoms in total. The van der Waals surface area contributed by atoms with Crippen LogP contribution in [0.3, 0.4) is 0 Å². The molecule has 1 heterocycles. The van der Waals surface area contributed by atoms with Crippen molar-refractivity contribution in [2.75, 3.05) is 6.54 Å². The van der Waals surface area contributed by atoms with Gasteiger partial charge in [0.1, 0.15) is 0 Å². The molecule has 0 radical (unpaired) electrons. The summed E-state index contributed by atoms with van der Waals surface area (Å²) >= 11 is 0. The van der Waals surface area contributed by atoms with Crippen molar-refractivity contribution in [2.24, 2.45) is 0 Å². The van der Waals surface area contributed by atoms with Crippen LogP contribution in [0.5, 0.6) is 0 Å². The number of carbonyl (C=O) groups excluding carboxylic acids is 1. The number of aryl methyl sites for hydroxylation is 1. The second-order valence-corrected chi connectivity index (χ2v) is 7.37. The highest BCUT2D eigenvalue weighted by Crippen LogP contribution is 2.18. The lowest BCUT2D eigenvalue weighted by molar-refractivity contribution is -0.120. The van der Waals surface area contributed by atoms with Crippen molar-refractivity contribution < 1.29 is 19.2 Å². The highest BCUT2D eigenvalue weighted by atomic mass is 16.5. The van der Waals surface area contributed by atoms with Gasteiger partial charge < -0.3 is 20.3 Å². The molecule has 30 heavy (non-hydrogen) atoms. The minimum absolute atomic E-state index is 0.0453. The molecular weight excluding hydrogens is 384 g/mol. The van der Waals surface area contributed by atoms with E-state index in [4.69, 9.17) is 9.63 Å². The van der Waals surface area contributed by atoms with Crippen molar-refractivity contribution in [3.8, 4) is 11.4 Å². The number of rotatable bonds is 14. The fourth-order valence-electron chi connectivity index (χ4n) is 3.12. The zero-order chi connectivity index (χ0) is 21.6. The maximum absolute atomic E-state index is 11.5. The zero-order valence-electron chi connectivity index (χ0n) is 17.7. The Morgan fingerprint density at radius 3 is 2.30 bits per heavy atom. The van der Waals surface area contributed by atoms with Gasteiger partial charge in [-0.3, -0.25) is 4.79 Å². The van der Waals surface area contributed by atoms with E-state index in [-0.39, 0.29) is 19.0 Å². The van der Waals surface area contributed by atoms with Gasteiger partial charge in [-0.15, -0.1) is 0 Å². The number of carbonyl (C=O) groups is 2. The number of nitrogens with one attached hydrogen (secondary N) is 2. The molecule has 0 atom stereocenters.